The fraction of sp³-hybridized carbons (Fsp3) is 0.300. The van der Waals surface area contributed by atoms with Gasteiger partial charge in [-0.3, -0.25) is 4.79 Å². The van der Waals surface area contributed by atoms with E-state index < -0.39 is 0 Å². The van der Waals surface area contributed by atoms with E-state index in [1.165, 1.54) is 7.11 Å². The molecule has 0 saturated heterocycles. The molecule has 0 fully saturated rings. The Morgan fingerprint density at radius 3 is 2.86 bits per heavy atom. The number of phenols is 1. The maximum absolute atomic E-state index is 10.8. The minimum Gasteiger partial charge on any atom is -0.506 e. The van der Waals surface area contributed by atoms with Gasteiger partial charge in [0.25, 0.3) is 0 Å². The van der Waals surface area contributed by atoms with Crippen molar-refractivity contribution in [2.45, 2.75) is 6.42 Å². The van der Waals surface area contributed by atoms with Gasteiger partial charge in [0.05, 0.1) is 19.2 Å². The first-order chi connectivity index (χ1) is 6.74. The molecule has 1 rings (SSSR count). The number of aromatic hydroxyl groups is 1. The van der Waals surface area contributed by atoms with Crippen LogP contribution >= 0.6 is 0 Å². The molecule has 2 N–H and O–H groups in total. The van der Waals surface area contributed by atoms with Crippen LogP contribution in [0, 0.1) is 0 Å². The molecule has 0 spiro atoms. The van der Waals surface area contributed by atoms with Crippen LogP contribution in [0.2, 0.25) is 0 Å². The number of esters is 1. The molecule has 0 bridgehead atoms. The van der Waals surface area contributed by atoms with Gasteiger partial charge in [-0.25, -0.2) is 0 Å². The number of methoxy groups -OCH3 is 1. The molecule has 0 aliphatic carbocycles. The van der Waals surface area contributed by atoms with Gasteiger partial charge in [-0.2, -0.15) is 0 Å². The minimum atomic E-state index is -0.270. The summed E-state index contributed by atoms with van der Waals surface area (Å²) in [6.07, 6.45) is 0.283. The molecule has 0 unspecified atom stereocenters. The third-order valence-corrected chi connectivity index (χ3v) is 1.78. The lowest BCUT2D eigenvalue weighted by molar-refractivity contribution is -0.140. The first kappa shape index (κ1) is 10.4. The molecular weight excluding hydrogens is 182 g/mol. The van der Waals surface area contributed by atoms with Gasteiger partial charge in [0, 0.05) is 6.54 Å². The number of hydrogen-bond acceptors (Lipinski definition) is 4. The minimum absolute atomic E-state index is 0.178. The molecule has 0 aliphatic rings. The fourth-order valence-electron chi connectivity index (χ4n) is 1.02. The molecule has 76 valence electrons. The molecule has 0 aromatic heterocycles. The van der Waals surface area contributed by atoms with Crippen LogP contribution in [-0.2, 0) is 9.53 Å². The van der Waals surface area contributed by atoms with Gasteiger partial charge in [-0.1, -0.05) is 12.1 Å². The Balaban J connectivity index is 2.39. The van der Waals surface area contributed by atoms with Gasteiger partial charge >= 0.3 is 5.97 Å². The van der Waals surface area contributed by atoms with Gasteiger partial charge in [-0.15, -0.1) is 0 Å². The third-order valence-electron chi connectivity index (χ3n) is 1.78. The predicted molar refractivity (Wildman–Crippen MR) is 53.2 cm³/mol. The molecule has 4 heteroatoms. The zero-order valence-electron chi connectivity index (χ0n) is 7.99. The third kappa shape index (κ3) is 2.97. The number of ether oxygens (including phenoxy) is 1. The lowest BCUT2D eigenvalue weighted by atomic mass is 10.3. The van der Waals surface area contributed by atoms with E-state index in [0.717, 1.165) is 0 Å². The second-order valence-corrected chi connectivity index (χ2v) is 2.77. The first-order valence-corrected chi connectivity index (χ1v) is 4.32. The molecule has 0 atom stereocenters. The van der Waals surface area contributed by atoms with Crippen LogP contribution in [0.1, 0.15) is 6.42 Å². The zero-order chi connectivity index (χ0) is 10.4. The van der Waals surface area contributed by atoms with Crippen molar-refractivity contribution in [3.05, 3.63) is 24.3 Å². The quantitative estimate of drug-likeness (QED) is 0.562. The summed E-state index contributed by atoms with van der Waals surface area (Å²) in [5.41, 5.74) is 0.622. The Morgan fingerprint density at radius 1 is 1.50 bits per heavy atom. The molecular formula is C10H13NO3. The smallest absolute Gasteiger partial charge is 0.307 e. The molecule has 1 aromatic rings. The Labute approximate surface area is 82.5 Å². The van der Waals surface area contributed by atoms with E-state index >= 15 is 0 Å². The molecule has 0 heterocycles. The summed E-state index contributed by atoms with van der Waals surface area (Å²) < 4.78 is 4.48. The van der Waals surface area contributed by atoms with E-state index in [-0.39, 0.29) is 18.1 Å². The van der Waals surface area contributed by atoms with Gasteiger partial charge in [0.2, 0.25) is 0 Å². The monoisotopic (exact) mass is 195 g/mol. The highest BCUT2D eigenvalue weighted by molar-refractivity contribution is 5.70. The van der Waals surface area contributed by atoms with Crippen molar-refractivity contribution in [1.29, 1.82) is 0 Å². The highest BCUT2D eigenvalue weighted by Gasteiger charge is 2.01. The Bertz CT molecular complexity index is 312. The summed E-state index contributed by atoms with van der Waals surface area (Å²) in [6, 6.07) is 6.87. The Kier molecular flexibility index (Phi) is 3.79. The van der Waals surface area contributed by atoms with Crippen LogP contribution in [0.3, 0.4) is 0 Å². The molecule has 0 saturated carbocycles. The Hall–Kier alpha value is -1.71. The normalized spacial score (nSPS) is 9.50. The van der Waals surface area contributed by atoms with Crippen LogP contribution in [0.15, 0.2) is 24.3 Å². The zero-order valence-corrected chi connectivity index (χ0v) is 7.99. The first-order valence-electron chi connectivity index (χ1n) is 4.32. The number of benzene rings is 1. The number of anilines is 1. The number of phenolic OH excluding ortho intramolecular Hbond substituents is 1. The topological polar surface area (TPSA) is 58.6 Å². The van der Waals surface area contributed by atoms with Crippen molar-refractivity contribution in [2.24, 2.45) is 0 Å². The number of rotatable bonds is 4. The highest BCUT2D eigenvalue weighted by atomic mass is 16.5. The average Bonchev–Trinajstić information content (AvgIpc) is 2.20. The van der Waals surface area contributed by atoms with Crippen molar-refractivity contribution >= 4 is 11.7 Å². The highest BCUT2D eigenvalue weighted by Crippen LogP contribution is 2.20. The van der Waals surface area contributed by atoms with E-state index in [1.54, 1.807) is 24.3 Å². The van der Waals surface area contributed by atoms with Gasteiger partial charge < -0.3 is 15.2 Å². The summed E-state index contributed by atoms with van der Waals surface area (Å²) in [6.45, 7) is 0.449. The standard InChI is InChI=1S/C10H13NO3/c1-14-10(13)6-7-11-8-4-2-3-5-9(8)12/h2-5,11-12H,6-7H2,1H3. The molecule has 0 amide bonds. The van der Waals surface area contributed by atoms with Crippen LogP contribution in [-0.4, -0.2) is 24.7 Å². The lowest BCUT2D eigenvalue weighted by Gasteiger charge is -2.06. The number of hydrogen-bond donors (Lipinski definition) is 2. The summed E-state index contributed by atoms with van der Waals surface area (Å²) >= 11 is 0. The summed E-state index contributed by atoms with van der Waals surface area (Å²) in [5, 5.41) is 12.3. The second-order valence-electron chi connectivity index (χ2n) is 2.77. The van der Waals surface area contributed by atoms with E-state index in [0.29, 0.717) is 12.2 Å². The second kappa shape index (κ2) is 5.11. The Morgan fingerprint density at radius 2 is 2.21 bits per heavy atom. The van der Waals surface area contributed by atoms with Crippen LogP contribution < -0.4 is 5.32 Å². The number of nitrogens with one attached hydrogen (secondary N) is 1. The lowest BCUT2D eigenvalue weighted by Crippen LogP contribution is -2.09. The van der Waals surface area contributed by atoms with Crippen molar-refractivity contribution in [3.63, 3.8) is 0 Å². The van der Waals surface area contributed by atoms with E-state index in [4.69, 9.17) is 0 Å². The van der Waals surface area contributed by atoms with Crippen LogP contribution in [0.4, 0.5) is 5.69 Å². The maximum atomic E-state index is 10.8. The fourth-order valence-corrected chi connectivity index (χ4v) is 1.02. The summed E-state index contributed by atoms with van der Waals surface area (Å²) in [4.78, 5) is 10.8. The van der Waals surface area contributed by atoms with E-state index in [2.05, 4.69) is 10.1 Å². The van der Waals surface area contributed by atoms with E-state index in [9.17, 15) is 9.90 Å². The average molecular weight is 195 g/mol. The molecule has 14 heavy (non-hydrogen) atoms. The summed E-state index contributed by atoms with van der Waals surface area (Å²) in [7, 11) is 1.35. The molecule has 4 nitrogen and oxygen atoms in total. The largest absolute Gasteiger partial charge is 0.506 e. The molecule has 0 radical (unpaired) electrons. The van der Waals surface area contributed by atoms with Gasteiger partial charge in [0.15, 0.2) is 0 Å². The molecule has 1 aromatic carbocycles. The summed E-state index contributed by atoms with van der Waals surface area (Å²) in [5.74, 6) is -0.0923. The van der Waals surface area contributed by atoms with Crippen molar-refractivity contribution in [1.82, 2.24) is 0 Å². The number of carbonyl (C=O) groups is 1. The van der Waals surface area contributed by atoms with Crippen molar-refractivity contribution < 1.29 is 14.6 Å². The van der Waals surface area contributed by atoms with E-state index in [1.807, 2.05) is 0 Å². The van der Waals surface area contributed by atoms with Gasteiger partial charge in [0.1, 0.15) is 5.75 Å². The van der Waals surface area contributed by atoms with Crippen molar-refractivity contribution in [2.75, 3.05) is 19.0 Å². The van der Waals surface area contributed by atoms with Crippen LogP contribution in [0.25, 0.3) is 0 Å². The van der Waals surface area contributed by atoms with Crippen LogP contribution in [0.5, 0.6) is 5.75 Å². The van der Waals surface area contributed by atoms with Gasteiger partial charge in [-0.05, 0) is 12.1 Å². The van der Waals surface area contributed by atoms with Crippen molar-refractivity contribution in [3.8, 4) is 5.75 Å². The number of para-hydroxylation sites is 2. The SMILES string of the molecule is COC(=O)CCNc1ccccc1O. The number of carbonyl (C=O) groups excluding carboxylic acids is 1. The maximum Gasteiger partial charge on any atom is 0.307 e. The molecule has 0 aliphatic heterocycles. The predicted octanol–water partition coefficient (Wildman–Crippen LogP) is 1.37.